The first-order valence-corrected chi connectivity index (χ1v) is 4.77. The zero-order valence-electron chi connectivity index (χ0n) is 9.01. The first-order valence-electron chi connectivity index (χ1n) is 4.77. The van der Waals surface area contributed by atoms with Gasteiger partial charge in [-0.05, 0) is 12.1 Å². The summed E-state index contributed by atoms with van der Waals surface area (Å²) >= 11 is 0. The Hall–Kier alpha value is -1.59. The summed E-state index contributed by atoms with van der Waals surface area (Å²) in [6, 6.07) is 6.41. The van der Waals surface area contributed by atoms with E-state index in [0.29, 0.717) is 19.0 Å². The summed E-state index contributed by atoms with van der Waals surface area (Å²) < 4.78 is 15.0. The van der Waals surface area contributed by atoms with Crippen molar-refractivity contribution in [1.82, 2.24) is 0 Å². The van der Waals surface area contributed by atoms with Crippen molar-refractivity contribution in [3.8, 4) is 5.75 Å². The Balaban J connectivity index is 2.44. The van der Waals surface area contributed by atoms with Crippen LogP contribution in [0.3, 0.4) is 0 Å². The minimum absolute atomic E-state index is 0.00759. The molecule has 16 heavy (non-hydrogen) atoms. The van der Waals surface area contributed by atoms with Crippen LogP contribution < -0.4 is 4.74 Å². The van der Waals surface area contributed by atoms with E-state index in [9.17, 15) is 4.79 Å². The number of aromatic carboxylic acids is 1. The number of hydrogen-bond donors (Lipinski definition) is 1. The minimum atomic E-state index is -1.02. The largest absolute Gasteiger partial charge is 0.478 e. The lowest BCUT2D eigenvalue weighted by molar-refractivity contribution is -0.00896. The molecule has 0 fully saturated rings. The summed E-state index contributed by atoms with van der Waals surface area (Å²) in [7, 11) is 1.57. The Morgan fingerprint density at radius 3 is 2.75 bits per heavy atom. The van der Waals surface area contributed by atoms with E-state index in [-0.39, 0.29) is 12.4 Å². The van der Waals surface area contributed by atoms with Crippen LogP contribution in [0.1, 0.15) is 10.4 Å². The molecular formula is C11H14O5. The molecule has 0 heterocycles. The molecule has 0 saturated heterocycles. The van der Waals surface area contributed by atoms with Crippen LogP contribution >= 0.6 is 0 Å². The number of rotatable bonds is 7. The molecule has 88 valence electrons. The topological polar surface area (TPSA) is 65.0 Å². The fraction of sp³-hybridized carbons (Fsp3) is 0.364. The highest BCUT2D eigenvalue weighted by Crippen LogP contribution is 2.17. The summed E-state index contributed by atoms with van der Waals surface area (Å²) in [4.78, 5) is 10.8. The van der Waals surface area contributed by atoms with E-state index < -0.39 is 5.97 Å². The third-order valence-electron chi connectivity index (χ3n) is 1.85. The number of carboxylic acid groups (broad SMARTS) is 1. The Morgan fingerprint density at radius 1 is 1.31 bits per heavy atom. The molecule has 5 heteroatoms. The van der Waals surface area contributed by atoms with E-state index >= 15 is 0 Å². The molecule has 0 unspecified atom stereocenters. The summed E-state index contributed by atoms with van der Waals surface area (Å²) in [5.74, 6) is -0.722. The average Bonchev–Trinajstić information content (AvgIpc) is 2.29. The minimum Gasteiger partial charge on any atom is -0.478 e. The number of benzene rings is 1. The van der Waals surface area contributed by atoms with Crippen molar-refractivity contribution in [1.29, 1.82) is 0 Å². The fourth-order valence-electron chi connectivity index (χ4n) is 1.08. The van der Waals surface area contributed by atoms with Crippen molar-refractivity contribution in [3.63, 3.8) is 0 Å². The van der Waals surface area contributed by atoms with Crippen LogP contribution in [0.4, 0.5) is 0 Å². The van der Waals surface area contributed by atoms with Gasteiger partial charge in [-0.2, -0.15) is 0 Å². The lowest BCUT2D eigenvalue weighted by Crippen LogP contribution is -2.09. The number of hydrogen-bond acceptors (Lipinski definition) is 4. The van der Waals surface area contributed by atoms with Gasteiger partial charge in [0.15, 0.2) is 6.79 Å². The third-order valence-corrected chi connectivity index (χ3v) is 1.85. The average molecular weight is 226 g/mol. The normalized spacial score (nSPS) is 10.1. The van der Waals surface area contributed by atoms with Gasteiger partial charge in [0.2, 0.25) is 0 Å². The summed E-state index contributed by atoms with van der Waals surface area (Å²) in [6.45, 7) is 0.892. The maximum Gasteiger partial charge on any atom is 0.339 e. The molecule has 0 saturated carbocycles. The van der Waals surface area contributed by atoms with Crippen molar-refractivity contribution >= 4 is 5.97 Å². The summed E-state index contributed by atoms with van der Waals surface area (Å²) in [5, 5.41) is 8.87. The molecule has 0 radical (unpaired) electrons. The van der Waals surface area contributed by atoms with Crippen LogP contribution in [-0.4, -0.2) is 38.2 Å². The van der Waals surface area contributed by atoms with Crippen LogP contribution in [-0.2, 0) is 9.47 Å². The monoisotopic (exact) mass is 226 g/mol. The van der Waals surface area contributed by atoms with Crippen LogP contribution in [0, 0.1) is 0 Å². The molecule has 0 aromatic heterocycles. The van der Waals surface area contributed by atoms with Crippen molar-refractivity contribution < 1.29 is 24.1 Å². The Labute approximate surface area is 93.6 Å². The van der Waals surface area contributed by atoms with E-state index in [0.717, 1.165) is 0 Å². The molecule has 1 N–H and O–H groups in total. The van der Waals surface area contributed by atoms with Crippen molar-refractivity contribution in [2.75, 3.05) is 27.1 Å². The lowest BCUT2D eigenvalue weighted by atomic mass is 10.2. The van der Waals surface area contributed by atoms with Gasteiger partial charge in [-0.25, -0.2) is 4.79 Å². The molecule has 0 bridgehead atoms. The quantitative estimate of drug-likeness (QED) is 0.562. The molecule has 0 spiro atoms. The molecule has 1 aromatic rings. The molecule has 0 aliphatic rings. The van der Waals surface area contributed by atoms with Gasteiger partial charge in [0, 0.05) is 7.11 Å². The zero-order valence-corrected chi connectivity index (χ0v) is 9.01. The smallest absolute Gasteiger partial charge is 0.339 e. The van der Waals surface area contributed by atoms with Crippen LogP contribution in [0.2, 0.25) is 0 Å². The van der Waals surface area contributed by atoms with E-state index in [2.05, 4.69) is 0 Å². The Morgan fingerprint density at radius 2 is 2.06 bits per heavy atom. The molecule has 1 rings (SSSR count). The standard InChI is InChI=1S/C11H14O5/c1-14-6-7-15-8-16-10-5-3-2-4-9(10)11(12)13/h2-5H,6-8H2,1H3,(H,12,13). The highest BCUT2D eigenvalue weighted by molar-refractivity contribution is 5.90. The lowest BCUT2D eigenvalue weighted by Gasteiger charge is -2.08. The van der Waals surface area contributed by atoms with Gasteiger partial charge < -0.3 is 19.3 Å². The van der Waals surface area contributed by atoms with E-state index in [1.165, 1.54) is 6.07 Å². The molecule has 0 atom stereocenters. The maximum absolute atomic E-state index is 10.8. The predicted molar refractivity (Wildman–Crippen MR) is 56.7 cm³/mol. The van der Waals surface area contributed by atoms with Gasteiger partial charge in [-0.15, -0.1) is 0 Å². The van der Waals surface area contributed by atoms with Gasteiger partial charge in [0.25, 0.3) is 0 Å². The number of carboxylic acids is 1. The second kappa shape index (κ2) is 6.81. The maximum atomic E-state index is 10.8. The van der Waals surface area contributed by atoms with Crippen molar-refractivity contribution in [2.24, 2.45) is 0 Å². The van der Waals surface area contributed by atoms with Crippen LogP contribution in [0.25, 0.3) is 0 Å². The number of carbonyl (C=O) groups is 1. The molecule has 0 amide bonds. The fourth-order valence-corrected chi connectivity index (χ4v) is 1.08. The van der Waals surface area contributed by atoms with E-state index in [1.54, 1.807) is 25.3 Å². The summed E-state index contributed by atoms with van der Waals surface area (Å²) in [6.07, 6.45) is 0. The van der Waals surface area contributed by atoms with Crippen molar-refractivity contribution in [2.45, 2.75) is 0 Å². The Kier molecular flexibility index (Phi) is 5.31. The van der Waals surface area contributed by atoms with Gasteiger partial charge in [0.05, 0.1) is 13.2 Å². The SMILES string of the molecule is COCCOCOc1ccccc1C(=O)O. The van der Waals surface area contributed by atoms with Gasteiger partial charge >= 0.3 is 5.97 Å². The zero-order chi connectivity index (χ0) is 11.8. The highest BCUT2D eigenvalue weighted by Gasteiger charge is 2.09. The van der Waals surface area contributed by atoms with Gasteiger partial charge in [-0.3, -0.25) is 0 Å². The molecule has 0 aliphatic heterocycles. The second-order valence-electron chi connectivity index (χ2n) is 2.96. The van der Waals surface area contributed by atoms with Crippen LogP contribution in [0.5, 0.6) is 5.75 Å². The number of ether oxygens (including phenoxy) is 3. The molecule has 0 aliphatic carbocycles. The molecule has 1 aromatic carbocycles. The summed E-state index contributed by atoms with van der Waals surface area (Å²) in [5.41, 5.74) is 0.123. The Bertz CT molecular complexity index is 337. The number of methoxy groups -OCH3 is 1. The first-order chi connectivity index (χ1) is 7.75. The predicted octanol–water partition coefficient (Wildman–Crippen LogP) is 1.38. The molecule has 5 nitrogen and oxygen atoms in total. The van der Waals surface area contributed by atoms with Gasteiger partial charge in [-0.1, -0.05) is 12.1 Å². The first kappa shape index (κ1) is 12.5. The second-order valence-corrected chi connectivity index (χ2v) is 2.96. The number of para-hydroxylation sites is 1. The molecular weight excluding hydrogens is 212 g/mol. The van der Waals surface area contributed by atoms with Crippen molar-refractivity contribution in [3.05, 3.63) is 29.8 Å². The third kappa shape index (κ3) is 3.88. The van der Waals surface area contributed by atoms with Gasteiger partial charge in [0.1, 0.15) is 11.3 Å². The highest BCUT2D eigenvalue weighted by atomic mass is 16.7. The van der Waals surface area contributed by atoms with E-state index in [4.69, 9.17) is 19.3 Å². The van der Waals surface area contributed by atoms with Crippen LogP contribution in [0.15, 0.2) is 24.3 Å². The van der Waals surface area contributed by atoms with E-state index in [1.807, 2.05) is 0 Å².